The second kappa shape index (κ2) is 7.12. The number of amides is 1. The molecule has 0 radical (unpaired) electrons. The van der Waals surface area contributed by atoms with Gasteiger partial charge in [0.15, 0.2) is 0 Å². The highest BCUT2D eigenvalue weighted by Gasteiger charge is 2.18. The standard InChI is InChI=1S/C18H15F2N3O2/c19-14-6-15(20)17(16(24)7-14)18(25)21-8-13-9-22-23(11-13)10-12-4-2-1-3-5-12/h1-7,9,11,24H,8,10H2,(H,21,25). The Kier molecular flexibility index (Phi) is 4.74. The van der Waals surface area contributed by atoms with Gasteiger partial charge in [0.05, 0.1) is 12.7 Å². The summed E-state index contributed by atoms with van der Waals surface area (Å²) in [5, 5.41) is 16.2. The number of rotatable bonds is 5. The van der Waals surface area contributed by atoms with Crippen LogP contribution in [0.2, 0.25) is 0 Å². The molecule has 0 aliphatic heterocycles. The summed E-state index contributed by atoms with van der Waals surface area (Å²) in [6, 6.07) is 11.0. The molecule has 3 rings (SSSR count). The van der Waals surface area contributed by atoms with Gasteiger partial charge in [-0.2, -0.15) is 5.10 Å². The van der Waals surface area contributed by atoms with Crippen molar-refractivity contribution in [3.63, 3.8) is 0 Å². The van der Waals surface area contributed by atoms with E-state index in [-0.39, 0.29) is 6.54 Å². The normalized spacial score (nSPS) is 10.6. The molecule has 0 aliphatic rings. The molecule has 0 atom stereocenters. The van der Waals surface area contributed by atoms with Gasteiger partial charge in [0.2, 0.25) is 0 Å². The van der Waals surface area contributed by atoms with Gasteiger partial charge in [-0.3, -0.25) is 9.48 Å². The lowest BCUT2D eigenvalue weighted by Crippen LogP contribution is -2.24. The Morgan fingerprint density at radius 2 is 1.92 bits per heavy atom. The molecule has 0 spiro atoms. The Hall–Kier alpha value is -3.22. The van der Waals surface area contributed by atoms with Crippen molar-refractivity contribution < 1.29 is 18.7 Å². The van der Waals surface area contributed by atoms with E-state index < -0.39 is 28.9 Å². The number of aromatic hydroxyl groups is 1. The van der Waals surface area contributed by atoms with Crippen LogP contribution in [0.3, 0.4) is 0 Å². The number of phenolic OH excluding ortho intramolecular Hbond substituents is 1. The molecule has 0 saturated heterocycles. The summed E-state index contributed by atoms with van der Waals surface area (Å²) in [5.74, 6) is -3.64. The number of nitrogens with zero attached hydrogens (tertiary/aromatic N) is 2. The Morgan fingerprint density at radius 1 is 1.16 bits per heavy atom. The fourth-order valence-electron chi connectivity index (χ4n) is 2.41. The number of carbonyl (C=O) groups excluding carboxylic acids is 1. The van der Waals surface area contributed by atoms with Crippen LogP contribution in [-0.2, 0) is 13.1 Å². The first kappa shape index (κ1) is 16.6. The number of hydrogen-bond acceptors (Lipinski definition) is 3. The van der Waals surface area contributed by atoms with E-state index in [0.717, 1.165) is 5.56 Å². The van der Waals surface area contributed by atoms with Crippen molar-refractivity contribution in [2.45, 2.75) is 13.1 Å². The molecule has 0 unspecified atom stereocenters. The number of benzene rings is 2. The van der Waals surface area contributed by atoms with Gasteiger partial charge in [-0.15, -0.1) is 0 Å². The predicted octanol–water partition coefficient (Wildman–Crippen LogP) is 2.85. The number of aromatic nitrogens is 2. The monoisotopic (exact) mass is 343 g/mol. The predicted molar refractivity (Wildman–Crippen MR) is 87.0 cm³/mol. The summed E-state index contributed by atoms with van der Waals surface area (Å²) in [7, 11) is 0. The molecular formula is C18H15F2N3O2. The number of carbonyl (C=O) groups is 1. The van der Waals surface area contributed by atoms with Crippen LogP contribution < -0.4 is 5.32 Å². The molecule has 25 heavy (non-hydrogen) atoms. The number of hydrogen-bond donors (Lipinski definition) is 2. The van der Waals surface area contributed by atoms with Crippen molar-refractivity contribution in [1.29, 1.82) is 0 Å². The second-order valence-corrected chi connectivity index (χ2v) is 5.50. The van der Waals surface area contributed by atoms with E-state index in [1.54, 1.807) is 17.1 Å². The number of phenols is 1. The van der Waals surface area contributed by atoms with Gasteiger partial charge in [-0.05, 0) is 5.56 Å². The molecule has 128 valence electrons. The van der Waals surface area contributed by atoms with Crippen molar-refractivity contribution in [2.75, 3.05) is 0 Å². The molecule has 2 N–H and O–H groups in total. The first-order valence-corrected chi connectivity index (χ1v) is 7.54. The molecule has 1 aromatic heterocycles. The average Bonchev–Trinajstić information content (AvgIpc) is 3.00. The molecule has 5 nitrogen and oxygen atoms in total. The molecule has 1 amide bonds. The van der Waals surface area contributed by atoms with Crippen LogP contribution in [-0.4, -0.2) is 20.8 Å². The summed E-state index contributed by atoms with van der Waals surface area (Å²) >= 11 is 0. The highest BCUT2D eigenvalue weighted by Crippen LogP contribution is 2.21. The first-order valence-electron chi connectivity index (χ1n) is 7.54. The Labute approximate surface area is 142 Å². The fraction of sp³-hybridized carbons (Fsp3) is 0.111. The maximum atomic E-state index is 13.7. The fourth-order valence-corrected chi connectivity index (χ4v) is 2.41. The molecule has 0 aliphatic carbocycles. The Bertz CT molecular complexity index is 871. The summed E-state index contributed by atoms with van der Waals surface area (Å²) in [6.07, 6.45) is 3.35. The van der Waals surface area contributed by atoms with E-state index in [0.29, 0.717) is 24.2 Å². The number of halogens is 2. The van der Waals surface area contributed by atoms with E-state index in [1.807, 2.05) is 30.3 Å². The lowest BCUT2D eigenvalue weighted by atomic mass is 10.1. The highest BCUT2D eigenvalue weighted by atomic mass is 19.1. The van der Waals surface area contributed by atoms with E-state index in [2.05, 4.69) is 10.4 Å². The smallest absolute Gasteiger partial charge is 0.258 e. The van der Waals surface area contributed by atoms with E-state index in [1.165, 1.54) is 0 Å². The van der Waals surface area contributed by atoms with Gasteiger partial charge in [-0.1, -0.05) is 30.3 Å². The Morgan fingerprint density at radius 3 is 2.64 bits per heavy atom. The van der Waals surface area contributed by atoms with Crippen molar-refractivity contribution in [1.82, 2.24) is 15.1 Å². The lowest BCUT2D eigenvalue weighted by molar-refractivity contribution is 0.0944. The van der Waals surface area contributed by atoms with Gasteiger partial charge in [0.25, 0.3) is 5.91 Å². The minimum absolute atomic E-state index is 0.101. The molecule has 0 bridgehead atoms. The third-order valence-electron chi connectivity index (χ3n) is 3.59. The molecule has 2 aromatic carbocycles. The summed E-state index contributed by atoms with van der Waals surface area (Å²) < 4.78 is 28.3. The summed E-state index contributed by atoms with van der Waals surface area (Å²) in [6.45, 7) is 0.687. The van der Waals surface area contributed by atoms with Crippen molar-refractivity contribution in [3.05, 3.63) is 83.2 Å². The Balaban J connectivity index is 1.63. The van der Waals surface area contributed by atoms with Crippen LogP contribution in [0.5, 0.6) is 5.75 Å². The van der Waals surface area contributed by atoms with E-state index in [4.69, 9.17) is 0 Å². The van der Waals surface area contributed by atoms with Gasteiger partial charge in [0, 0.05) is 30.4 Å². The largest absolute Gasteiger partial charge is 0.507 e. The van der Waals surface area contributed by atoms with Gasteiger partial charge in [-0.25, -0.2) is 8.78 Å². The van der Waals surface area contributed by atoms with Crippen LogP contribution in [0.1, 0.15) is 21.5 Å². The zero-order valence-electron chi connectivity index (χ0n) is 13.1. The van der Waals surface area contributed by atoms with Crippen LogP contribution in [0, 0.1) is 11.6 Å². The van der Waals surface area contributed by atoms with Crippen LogP contribution in [0.15, 0.2) is 54.9 Å². The SMILES string of the molecule is O=C(NCc1cnn(Cc2ccccc2)c1)c1c(O)cc(F)cc1F. The van der Waals surface area contributed by atoms with Gasteiger partial charge in [0.1, 0.15) is 22.9 Å². The summed E-state index contributed by atoms with van der Waals surface area (Å²) in [4.78, 5) is 12.0. The van der Waals surface area contributed by atoms with E-state index in [9.17, 15) is 18.7 Å². The molecule has 3 aromatic rings. The molecule has 1 heterocycles. The minimum Gasteiger partial charge on any atom is -0.507 e. The van der Waals surface area contributed by atoms with E-state index >= 15 is 0 Å². The van der Waals surface area contributed by atoms with Crippen LogP contribution in [0.4, 0.5) is 8.78 Å². The van der Waals surface area contributed by atoms with Crippen molar-refractivity contribution >= 4 is 5.91 Å². The average molecular weight is 343 g/mol. The van der Waals surface area contributed by atoms with Crippen LogP contribution >= 0.6 is 0 Å². The van der Waals surface area contributed by atoms with Crippen molar-refractivity contribution in [2.24, 2.45) is 0 Å². The number of nitrogens with one attached hydrogen (secondary N) is 1. The molecule has 7 heteroatoms. The maximum Gasteiger partial charge on any atom is 0.258 e. The third-order valence-corrected chi connectivity index (χ3v) is 3.59. The zero-order chi connectivity index (χ0) is 17.8. The second-order valence-electron chi connectivity index (χ2n) is 5.50. The quantitative estimate of drug-likeness (QED) is 0.749. The first-order chi connectivity index (χ1) is 12.0. The summed E-state index contributed by atoms with van der Waals surface area (Å²) in [5.41, 5.74) is 1.21. The highest BCUT2D eigenvalue weighted by molar-refractivity contribution is 5.97. The lowest BCUT2D eigenvalue weighted by Gasteiger charge is -2.07. The molecule has 0 fully saturated rings. The van der Waals surface area contributed by atoms with Crippen molar-refractivity contribution in [3.8, 4) is 5.75 Å². The van der Waals surface area contributed by atoms with Gasteiger partial charge < -0.3 is 10.4 Å². The topological polar surface area (TPSA) is 67.2 Å². The third kappa shape index (κ3) is 4.00. The van der Waals surface area contributed by atoms with Crippen LogP contribution in [0.25, 0.3) is 0 Å². The maximum absolute atomic E-state index is 13.7. The molecule has 0 saturated carbocycles. The molecular weight excluding hydrogens is 328 g/mol. The van der Waals surface area contributed by atoms with Gasteiger partial charge >= 0.3 is 0 Å². The zero-order valence-corrected chi connectivity index (χ0v) is 13.1. The minimum atomic E-state index is -1.12.